The average molecular weight is 437 g/mol. The second kappa shape index (κ2) is 6.25. The standard InChI is InChI=1S/C12H5Br2F2N3OS/c1-21-12-18-10(4(3-17)11(20)19-12)7-5(13)2-6(15)8(14)9(7)16/h2H,1H3,(H,18,19,20). The van der Waals surface area contributed by atoms with Gasteiger partial charge in [-0.05, 0) is 44.2 Å². The molecule has 0 amide bonds. The maximum atomic E-state index is 14.3. The zero-order chi connectivity index (χ0) is 15.7. The molecule has 4 nitrogen and oxygen atoms in total. The van der Waals surface area contributed by atoms with Crippen LogP contribution in [0.2, 0.25) is 0 Å². The molecule has 2 rings (SSSR count). The highest BCUT2D eigenvalue weighted by atomic mass is 79.9. The molecule has 21 heavy (non-hydrogen) atoms. The highest BCUT2D eigenvalue weighted by Gasteiger charge is 2.23. The van der Waals surface area contributed by atoms with Crippen LogP contribution in [0.3, 0.4) is 0 Å². The molecule has 0 saturated carbocycles. The Morgan fingerprint density at radius 2 is 2.10 bits per heavy atom. The fourth-order valence-corrected chi connectivity index (χ4v) is 2.87. The van der Waals surface area contributed by atoms with E-state index in [9.17, 15) is 13.6 Å². The van der Waals surface area contributed by atoms with Gasteiger partial charge < -0.3 is 4.98 Å². The molecule has 0 radical (unpaired) electrons. The highest BCUT2D eigenvalue weighted by Crippen LogP contribution is 2.36. The molecule has 1 heterocycles. The normalized spacial score (nSPS) is 10.5. The molecule has 0 spiro atoms. The summed E-state index contributed by atoms with van der Waals surface area (Å²) in [5, 5.41) is 9.31. The number of benzene rings is 1. The molecule has 1 aromatic carbocycles. The van der Waals surface area contributed by atoms with E-state index in [4.69, 9.17) is 5.26 Å². The fraction of sp³-hybridized carbons (Fsp3) is 0.0833. The molecule has 0 saturated heterocycles. The summed E-state index contributed by atoms with van der Waals surface area (Å²) in [5.74, 6) is -1.75. The first-order valence-electron chi connectivity index (χ1n) is 5.32. The van der Waals surface area contributed by atoms with Crippen LogP contribution in [0.15, 0.2) is 25.0 Å². The molecule has 0 bridgehead atoms. The minimum Gasteiger partial charge on any atom is -0.300 e. The number of nitrogens with zero attached hydrogens (tertiary/aromatic N) is 2. The van der Waals surface area contributed by atoms with Gasteiger partial charge in [0.05, 0.1) is 10.0 Å². The van der Waals surface area contributed by atoms with Gasteiger partial charge in [0.1, 0.15) is 23.1 Å². The summed E-state index contributed by atoms with van der Waals surface area (Å²) in [7, 11) is 0. The van der Waals surface area contributed by atoms with Crippen LogP contribution in [0.4, 0.5) is 8.78 Å². The molecule has 0 aliphatic heterocycles. The summed E-state index contributed by atoms with van der Waals surface area (Å²) >= 11 is 6.95. The number of hydrogen-bond donors (Lipinski definition) is 1. The van der Waals surface area contributed by atoms with Crippen molar-refractivity contribution in [1.82, 2.24) is 9.97 Å². The Hall–Kier alpha value is -1.24. The largest absolute Gasteiger partial charge is 0.300 e. The number of H-pyrrole nitrogens is 1. The van der Waals surface area contributed by atoms with Crippen molar-refractivity contribution in [2.24, 2.45) is 0 Å². The Kier molecular flexibility index (Phi) is 4.81. The van der Waals surface area contributed by atoms with Crippen LogP contribution in [-0.2, 0) is 0 Å². The maximum Gasteiger partial charge on any atom is 0.270 e. The van der Waals surface area contributed by atoms with Crippen molar-refractivity contribution in [3.05, 3.63) is 42.6 Å². The lowest BCUT2D eigenvalue weighted by Crippen LogP contribution is -2.15. The van der Waals surface area contributed by atoms with Crippen molar-refractivity contribution in [1.29, 1.82) is 5.26 Å². The predicted octanol–water partition coefficient (Wildman–Crippen LogP) is 3.83. The van der Waals surface area contributed by atoms with E-state index in [1.54, 1.807) is 12.3 Å². The van der Waals surface area contributed by atoms with Crippen molar-refractivity contribution in [3.8, 4) is 17.3 Å². The molecular weight excluding hydrogens is 432 g/mol. The van der Waals surface area contributed by atoms with Crippen LogP contribution in [0.5, 0.6) is 0 Å². The van der Waals surface area contributed by atoms with Gasteiger partial charge in [-0.3, -0.25) is 4.79 Å². The molecule has 2 aromatic rings. The Bertz CT molecular complexity index is 833. The predicted molar refractivity (Wildman–Crippen MR) is 82.1 cm³/mol. The van der Waals surface area contributed by atoms with E-state index in [0.717, 1.165) is 17.8 Å². The fourth-order valence-electron chi connectivity index (χ4n) is 1.62. The molecule has 0 aliphatic rings. The highest BCUT2D eigenvalue weighted by molar-refractivity contribution is 9.11. The number of nitriles is 1. The van der Waals surface area contributed by atoms with Crippen LogP contribution >= 0.6 is 43.6 Å². The topological polar surface area (TPSA) is 69.5 Å². The average Bonchev–Trinajstić information content (AvgIpc) is 2.44. The number of nitrogens with one attached hydrogen (secondary N) is 1. The smallest absolute Gasteiger partial charge is 0.270 e. The number of halogens is 4. The van der Waals surface area contributed by atoms with Gasteiger partial charge in [-0.1, -0.05) is 11.8 Å². The molecule has 0 aliphatic carbocycles. The third-order valence-electron chi connectivity index (χ3n) is 2.55. The molecule has 9 heteroatoms. The first-order valence-corrected chi connectivity index (χ1v) is 8.13. The van der Waals surface area contributed by atoms with Gasteiger partial charge in [0.25, 0.3) is 5.56 Å². The number of thioether (sulfide) groups is 1. The minimum atomic E-state index is -0.941. The van der Waals surface area contributed by atoms with E-state index < -0.39 is 21.7 Å². The van der Waals surface area contributed by atoms with E-state index in [2.05, 4.69) is 41.8 Å². The Balaban J connectivity index is 2.92. The summed E-state index contributed by atoms with van der Waals surface area (Å²) in [4.78, 5) is 18.3. The van der Waals surface area contributed by atoms with E-state index in [-0.39, 0.29) is 26.4 Å². The molecular formula is C12H5Br2F2N3OS. The second-order valence-corrected chi connectivity index (χ2v) is 6.20. The monoisotopic (exact) mass is 435 g/mol. The first-order chi connectivity index (χ1) is 9.90. The van der Waals surface area contributed by atoms with Gasteiger partial charge in [-0.15, -0.1) is 0 Å². The third kappa shape index (κ3) is 2.88. The lowest BCUT2D eigenvalue weighted by atomic mass is 10.1. The van der Waals surface area contributed by atoms with E-state index in [1.165, 1.54) is 0 Å². The van der Waals surface area contributed by atoms with Crippen molar-refractivity contribution in [2.75, 3.05) is 6.26 Å². The number of hydrogen-bond acceptors (Lipinski definition) is 4. The summed E-state index contributed by atoms with van der Waals surface area (Å²) in [6, 6.07) is 2.72. The first kappa shape index (κ1) is 16.1. The van der Waals surface area contributed by atoms with Crippen LogP contribution in [0, 0.1) is 23.0 Å². The SMILES string of the molecule is CSc1nc(-c2c(Br)cc(F)c(Br)c2F)c(C#N)c(=O)[nH]1. The van der Waals surface area contributed by atoms with E-state index in [0.29, 0.717) is 0 Å². The van der Waals surface area contributed by atoms with Crippen LogP contribution in [0.1, 0.15) is 5.56 Å². The van der Waals surface area contributed by atoms with E-state index in [1.807, 2.05) is 0 Å². The Morgan fingerprint density at radius 1 is 1.43 bits per heavy atom. The van der Waals surface area contributed by atoms with Crippen LogP contribution in [-0.4, -0.2) is 16.2 Å². The lowest BCUT2D eigenvalue weighted by molar-refractivity contribution is 0.572. The molecule has 1 N–H and O–H groups in total. The summed E-state index contributed by atoms with van der Waals surface area (Å²) in [6.07, 6.45) is 1.67. The minimum absolute atomic E-state index is 0.0577. The molecule has 0 unspecified atom stereocenters. The molecule has 0 fully saturated rings. The third-order valence-corrected chi connectivity index (χ3v) is 4.49. The molecule has 1 aromatic heterocycles. The van der Waals surface area contributed by atoms with Crippen LogP contribution in [0.25, 0.3) is 11.3 Å². The second-order valence-electron chi connectivity index (χ2n) is 3.75. The molecule has 108 valence electrons. The van der Waals surface area contributed by atoms with E-state index >= 15 is 0 Å². The molecule has 0 atom stereocenters. The van der Waals surface area contributed by atoms with Gasteiger partial charge in [0.15, 0.2) is 11.0 Å². The van der Waals surface area contributed by atoms with Crippen molar-refractivity contribution in [2.45, 2.75) is 5.16 Å². The summed E-state index contributed by atoms with van der Waals surface area (Å²) in [5.41, 5.74) is -1.32. The zero-order valence-corrected chi connectivity index (χ0v) is 14.3. The van der Waals surface area contributed by atoms with Gasteiger partial charge in [-0.2, -0.15) is 5.26 Å². The lowest BCUT2D eigenvalue weighted by Gasteiger charge is -2.10. The number of rotatable bonds is 2. The maximum absolute atomic E-state index is 14.3. The van der Waals surface area contributed by atoms with Gasteiger partial charge in [0.2, 0.25) is 0 Å². The van der Waals surface area contributed by atoms with Gasteiger partial charge in [-0.25, -0.2) is 13.8 Å². The Labute approximate surface area is 138 Å². The summed E-state index contributed by atoms with van der Waals surface area (Å²) in [6.45, 7) is 0. The van der Waals surface area contributed by atoms with Crippen molar-refractivity contribution >= 4 is 43.6 Å². The van der Waals surface area contributed by atoms with Gasteiger partial charge in [0, 0.05) is 4.47 Å². The summed E-state index contributed by atoms with van der Waals surface area (Å²) < 4.78 is 27.4. The quantitative estimate of drug-likeness (QED) is 0.336. The zero-order valence-electron chi connectivity index (χ0n) is 10.3. The van der Waals surface area contributed by atoms with Gasteiger partial charge >= 0.3 is 0 Å². The van der Waals surface area contributed by atoms with Crippen molar-refractivity contribution < 1.29 is 8.78 Å². The number of aromatic amines is 1. The number of aromatic nitrogens is 2. The van der Waals surface area contributed by atoms with Crippen LogP contribution < -0.4 is 5.56 Å². The Morgan fingerprint density at radius 3 is 2.67 bits per heavy atom. The van der Waals surface area contributed by atoms with Crippen molar-refractivity contribution in [3.63, 3.8) is 0 Å².